The molecule has 2 unspecified atom stereocenters. The predicted octanol–water partition coefficient (Wildman–Crippen LogP) is 1.39. The van der Waals surface area contributed by atoms with E-state index in [9.17, 15) is 13.2 Å². The monoisotopic (exact) mass is 308 g/mol. The van der Waals surface area contributed by atoms with Crippen LogP contribution >= 0.6 is 0 Å². The van der Waals surface area contributed by atoms with E-state index < -0.39 is 16.1 Å². The number of fused-ring (bicyclic) bond motifs is 1. The molecule has 0 radical (unpaired) electrons. The average Bonchev–Trinajstić information content (AvgIpc) is 3.00. The van der Waals surface area contributed by atoms with E-state index in [4.69, 9.17) is 0 Å². The number of rotatable bonds is 2. The van der Waals surface area contributed by atoms with Crippen LogP contribution in [0.25, 0.3) is 0 Å². The van der Waals surface area contributed by atoms with Gasteiger partial charge in [0.05, 0.1) is 6.26 Å². The molecule has 1 saturated heterocycles. The number of hydrogen-bond acceptors (Lipinski definition) is 3. The van der Waals surface area contributed by atoms with Gasteiger partial charge in [-0.2, -0.15) is 4.31 Å². The molecule has 2 aliphatic rings. The molecule has 0 aliphatic carbocycles. The van der Waals surface area contributed by atoms with Gasteiger partial charge in [-0.25, -0.2) is 8.42 Å². The van der Waals surface area contributed by atoms with Crippen molar-refractivity contribution < 1.29 is 13.2 Å². The first kappa shape index (κ1) is 14.5. The SMILES string of the molecule is CC1Cc2ccccc2N1C(=O)C1CCCN1S(C)(=O)=O. The van der Waals surface area contributed by atoms with Crippen molar-refractivity contribution in [2.75, 3.05) is 17.7 Å². The van der Waals surface area contributed by atoms with E-state index in [0.29, 0.717) is 13.0 Å². The molecule has 1 amide bonds. The highest BCUT2D eigenvalue weighted by molar-refractivity contribution is 7.88. The Morgan fingerprint density at radius 1 is 1.29 bits per heavy atom. The molecule has 1 aromatic rings. The van der Waals surface area contributed by atoms with Crippen LogP contribution < -0.4 is 4.90 Å². The standard InChI is InChI=1S/C15H20N2O3S/c1-11-10-12-6-3-4-7-13(12)17(11)15(18)14-8-5-9-16(14)21(2,19)20/h3-4,6-7,11,14H,5,8-10H2,1-2H3. The predicted molar refractivity (Wildman–Crippen MR) is 81.7 cm³/mol. The minimum atomic E-state index is -3.34. The summed E-state index contributed by atoms with van der Waals surface area (Å²) in [5.41, 5.74) is 2.08. The molecule has 0 N–H and O–H groups in total. The minimum absolute atomic E-state index is 0.0805. The lowest BCUT2D eigenvalue weighted by Crippen LogP contribution is -2.49. The van der Waals surface area contributed by atoms with E-state index in [2.05, 4.69) is 0 Å². The van der Waals surface area contributed by atoms with Crippen molar-refractivity contribution in [1.82, 2.24) is 4.31 Å². The fourth-order valence-electron chi connectivity index (χ4n) is 3.45. The molecule has 1 fully saturated rings. The van der Waals surface area contributed by atoms with Gasteiger partial charge in [-0.15, -0.1) is 0 Å². The van der Waals surface area contributed by atoms with Crippen LogP contribution in [0.1, 0.15) is 25.3 Å². The first-order valence-electron chi connectivity index (χ1n) is 7.27. The third-order valence-corrected chi connectivity index (χ3v) is 5.65. The zero-order valence-electron chi connectivity index (χ0n) is 12.3. The number of carbonyl (C=O) groups excluding carboxylic acids is 1. The molecular weight excluding hydrogens is 288 g/mol. The third kappa shape index (κ3) is 2.46. The van der Waals surface area contributed by atoms with Gasteiger partial charge >= 0.3 is 0 Å². The van der Waals surface area contributed by atoms with Crippen LogP contribution in [0.2, 0.25) is 0 Å². The summed E-state index contributed by atoms with van der Waals surface area (Å²) >= 11 is 0. The number of anilines is 1. The van der Waals surface area contributed by atoms with Crippen LogP contribution in [-0.2, 0) is 21.2 Å². The number of hydrogen-bond donors (Lipinski definition) is 0. The van der Waals surface area contributed by atoms with Gasteiger partial charge in [0.15, 0.2) is 0 Å². The fraction of sp³-hybridized carbons (Fsp3) is 0.533. The molecule has 0 spiro atoms. The first-order chi connectivity index (χ1) is 9.89. The van der Waals surface area contributed by atoms with Gasteiger partial charge in [-0.3, -0.25) is 4.79 Å². The quantitative estimate of drug-likeness (QED) is 0.829. The summed E-state index contributed by atoms with van der Waals surface area (Å²) in [7, 11) is -3.34. The molecule has 21 heavy (non-hydrogen) atoms. The summed E-state index contributed by atoms with van der Waals surface area (Å²) in [6.07, 6.45) is 3.36. The van der Waals surface area contributed by atoms with Crippen LogP contribution in [0.15, 0.2) is 24.3 Å². The Balaban J connectivity index is 1.92. The van der Waals surface area contributed by atoms with E-state index in [1.165, 1.54) is 10.6 Å². The van der Waals surface area contributed by atoms with Gasteiger partial charge in [-0.05, 0) is 37.8 Å². The second-order valence-electron chi connectivity index (χ2n) is 5.92. The second kappa shape index (κ2) is 5.10. The number of benzene rings is 1. The maximum Gasteiger partial charge on any atom is 0.245 e. The summed E-state index contributed by atoms with van der Waals surface area (Å²) < 4.78 is 25.0. The maximum atomic E-state index is 12.9. The summed E-state index contributed by atoms with van der Waals surface area (Å²) in [5.74, 6) is -0.0876. The molecule has 2 aliphatic heterocycles. The Morgan fingerprint density at radius 2 is 2.00 bits per heavy atom. The molecule has 2 atom stereocenters. The fourth-order valence-corrected chi connectivity index (χ4v) is 4.56. The molecule has 114 valence electrons. The maximum absolute atomic E-state index is 12.9. The first-order valence-corrected chi connectivity index (χ1v) is 9.12. The Hall–Kier alpha value is -1.40. The van der Waals surface area contributed by atoms with Crippen molar-refractivity contribution in [1.29, 1.82) is 0 Å². The molecular formula is C15H20N2O3S. The number of amides is 1. The van der Waals surface area contributed by atoms with Crippen molar-refractivity contribution in [3.63, 3.8) is 0 Å². The average molecular weight is 308 g/mol. The van der Waals surface area contributed by atoms with Gasteiger partial charge in [-0.1, -0.05) is 18.2 Å². The lowest BCUT2D eigenvalue weighted by molar-refractivity contribution is -0.121. The second-order valence-corrected chi connectivity index (χ2v) is 7.86. The highest BCUT2D eigenvalue weighted by Crippen LogP contribution is 2.34. The zero-order chi connectivity index (χ0) is 15.2. The Kier molecular flexibility index (Phi) is 3.53. The molecule has 0 saturated carbocycles. The van der Waals surface area contributed by atoms with Gasteiger partial charge in [0.2, 0.25) is 15.9 Å². The molecule has 6 heteroatoms. The summed E-state index contributed by atoms with van der Waals surface area (Å²) in [5, 5.41) is 0. The highest BCUT2D eigenvalue weighted by atomic mass is 32.2. The smallest absolute Gasteiger partial charge is 0.245 e. The molecule has 0 aromatic heterocycles. The van der Waals surface area contributed by atoms with E-state index in [-0.39, 0.29) is 11.9 Å². The normalized spacial score (nSPS) is 26.1. The Morgan fingerprint density at radius 3 is 2.71 bits per heavy atom. The number of sulfonamides is 1. The van der Waals surface area contributed by atoms with Gasteiger partial charge in [0.25, 0.3) is 0 Å². The van der Waals surface area contributed by atoms with Crippen LogP contribution in [0.4, 0.5) is 5.69 Å². The van der Waals surface area contributed by atoms with Crippen LogP contribution in [0, 0.1) is 0 Å². The van der Waals surface area contributed by atoms with E-state index >= 15 is 0 Å². The Bertz CT molecular complexity index is 671. The largest absolute Gasteiger partial charge is 0.308 e. The van der Waals surface area contributed by atoms with Gasteiger partial charge in [0.1, 0.15) is 6.04 Å². The van der Waals surface area contributed by atoms with Crippen molar-refractivity contribution in [3.05, 3.63) is 29.8 Å². The summed E-state index contributed by atoms with van der Waals surface area (Å²) in [4.78, 5) is 14.7. The Labute approximate surface area is 125 Å². The van der Waals surface area contributed by atoms with Crippen LogP contribution in [-0.4, -0.2) is 43.5 Å². The summed E-state index contributed by atoms with van der Waals surface area (Å²) in [6, 6.07) is 7.39. The van der Waals surface area contributed by atoms with Crippen molar-refractivity contribution in [2.24, 2.45) is 0 Å². The van der Waals surface area contributed by atoms with Crippen LogP contribution in [0.3, 0.4) is 0 Å². The number of carbonyl (C=O) groups is 1. The van der Waals surface area contributed by atoms with E-state index in [0.717, 1.165) is 24.1 Å². The van der Waals surface area contributed by atoms with Crippen LogP contribution in [0.5, 0.6) is 0 Å². The topological polar surface area (TPSA) is 57.7 Å². The number of nitrogens with zero attached hydrogens (tertiary/aromatic N) is 2. The summed E-state index contributed by atoms with van der Waals surface area (Å²) in [6.45, 7) is 2.46. The highest BCUT2D eigenvalue weighted by Gasteiger charge is 2.42. The third-order valence-electron chi connectivity index (χ3n) is 4.36. The van der Waals surface area contributed by atoms with Gasteiger partial charge in [0, 0.05) is 18.3 Å². The molecule has 3 rings (SSSR count). The lowest BCUT2D eigenvalue weighted by Gasteiger charge is -2.29. The van der Waals surface area contributed by atoms with Gasteiger partial charge < -0.3 is 4.90 Å². The van der Waals surface area contributed by atoms with Crippen molar-refractivity contribution in [2.45, 2.75) is 38.3 Å². The molecule has 5 nitrogen and oxygen atoms in total. The van der Waals surface area contributed by atoms with E-state index in [1.807, 2.05) is 31.2 Å². The van der Waals surface area contributed by atoms with E-state index in [1.54, 1.807) is 4.90 Å². The molecule has 0 bridgehead atoms. The molecule has 2 heterocycles. The molecule has 1 aromatic carbocycles. The van der Waals surface area contributed by atoms with Crippen molar-refractivity contribution >= 4 is 21.6 Å². The number of para-hydroxylation sites is 1. The lowest BCUT2D eigenvalue weighted by atomic mass is 10.1. The van der Waals surface area contributed by atoms with Crippen molar-refractivity contribution in [3.8, 4) is 0 Å². The zero-order valence-corrected chi connectivity index (χ0v) is 13.1. The minimum Gasteiger partial charge on any atom is -0.308 e.